The number of alkyl halides is 2. The van der Waals surface area contributed by atoms with Crippen molar-refractivity contribution in [2.75, 3.05) is 13.2 Å². The highest BCUT2D eigenvalue weighted by atomic mass is 19.3. The maximum atomic E-state index is 12.5. The molecular weight excluding hydrogens is 338 g/mol. The molecule has 1 aliphatic rings. The average molecular weight is 354 g/mol. The van der Waals surface area contributed by atoms with Crippen molar-refractivity contribution in [2.45, 2.75) is 25.4 Å². The number of aliphatic carboxylic acids is 1. The third-order valence-corrected chi connectivity index (χ3v) is 3.64. The van der Waals surface area contributed by atoms with Crippen LogP contribution in [0.4, 0.5) is 8.78 Å². The molecule has 1 aromatic heterocycles. The van der Waals surface area contributed by atoms with Crippen molar-refractivity contribution in [3.8, 4) is 17.0 Å². The number of nitrogens with zero attached hydrogens (tertiary/aromatic N) is 2. The van der Waals surface area contributed by atoms with Crippen molar-refractivity contribution in [1.29, 1.82) is 0 Å². The summed E-state index contributed by atoms with van der Waals surface area (Å²) < 4.78 is 41.7. The van der Waals surface area contributed by atoms with E-state index in [9.17, 15) is 13.6 Å². The molecule has 1 saturated heterocycles. The summed E-state index contributed by atoms with van der Waals surface area (Å²) in [6.07, 6.45) is 0.00983. The maximum Gasteiger partial charge on any atom is 0.345 e. The van der Waals surface area contributed by atoms with Gasteiger partial charge in [-0.1, -0.05) is 12.1 Å². The van der Waals surface area contributed by atoms with Crippen LogP contribution >= 0.6 is 0 Å². The van der Waals surface area contributed by atoms with Crippen molar-refractivity contribution in [3.63, 3.8) is 0 Å². The molecule has 3 rings (SSSR count). The molecule has 0 aliphatic carbocycles. The van der Waals surface area contributed by atoms with Gasteiger partial charge in [-0.3, -0.25) is 9.48 Å². The van der Waals surface area contributed by atoms with Gasteiger partial charge in [-0.25, -0.2) is 0 Å². The number of aromatic nitrogens is 2. The second-order valence-corrected chi connectivity index (χ2v) is 5.42. The number of carboxylic acids is 1. The Kier molecular flexibility index (Phi) is 5.25. The first-order valence-corrected chi connectivity index (χ1v) is 7.55. The summed E-state index contributed by atoms with van der Waals surface area (Å²) in [5, 5.41) is 13.0. The molecule has 7 nitrogen and oxygen atoms in total. The zero-order chi connectivity index (χ0) is 17.8. The summed E-state index contributed by atoms with van der Waals surface area (Å²) in [6, 6.07) is 8.61. The normalized spacial score (nSPS) is 20.1. The Labute approximate surface area is 141 Å². The van der Waals surface area contributed by atoms with E-state index in [1.54, 1.807) is 36.5 Å². The molecule has 0 amide bonds. The van der Waals surface area contributed by atoms with Crippen LogP contribution in [0.15, 0.2) is 36.5 Å². The van der Waals surface area contributed by atoms with Gasteiger partial charge in [-0.15, -0.1) is 0 Å². The first kappa shape index (κ1) is 17.3. The molecule has 134 valence electrons. The Balaban J connectivity index is 1.79. The van der Waals surface area contributed by atoms with Crippen LogP contribution in [0.1, 0.15) is 0 Å². The van der Waals surface area contributed by atoms with Gasteiger partial charge in [-0.2, -0.15) is 13.9 Å². The average Bonchev–Trinajstić information content (AvgIpc) is 3.17. The molecule has 0 bridgehead atoms. The lowest BCUT2D eigenvalue weighted by Crippen LogP contribution is -2.34. The molecule has 0 radical (unpaired) electrons. The van der Waals surface area contributed by atoms with Crippen LogP contribution in [0.3, 0.4) is 0 Å². The topological polar surface area (TPSA) is 82.8 Å². The molecule has 2 heterocycles. The Bertz CT molecular complexity index is 737. The number of carbonyl (C=O) groups is 1. The minimum absolute atomic E-state index is 0.0322. The molecule has 1 aliphatic heterocycles. The molecule has 1 unspecified atom stereocenters. The largest absolute Gasteiger partial charge is 0.484 e. The predicted octanol–water partition coefficient (Wildman–Crippen LogP) is 2.02. The van der Waals surface area contributed by atoms with Crippen molar-refractivity contribution in [1.82, 2.24) is 9.78 Å². The zero-order valence-electron chi connectivity index (χ0n) is 13.0. The van der Waals surface area contributed by atoms with Crippen LogP contribution in [0, 0.1) is 0 Å². The lowest BCUT2D eigenvalue weighted by Gasteiger charge is -2.20. The molecule has 9 heteroatoms. The van der Waals surface area contributed by atoms with Gasteiger partial charge in [0.2, 0.25) is 0 Å². The van der Waals surface area contributed by atoms with Gasteiger partial charge in [0, 0.05) is 11.8 Å². The maximum absolute atomic E-state index is 12.5. The fourth-order valence-electron chi connectivity index (χ4n) is 2.56. The highest BCUT2D eigenvalue weighted by Gasteiger charge is 2.33. The monoisotopic (exact) mass is 354 g/mol. The van der Waals surface area contributed by atoms with E-state index in [2.05, 4.69) is 9.84 Å². The van der Waals surface area contributed by atoms with Gasteiger partial charge in [0.15, 0.2) is 6.10 Å². The van der Waals surface area contributed by atoms with Gasteiger partial charge in [0.05, 0.1) is 18.9 Å². The molecule has 1 aromatic carbocycles. The number of rotatable bonds is 7. The molecule has 0 saturated carbocycles. The Morgan fingerprint density at radius 2 is 2.08 bits per heavy atom. The minimum atomic E-state index is -2.90. The first-order valence-electron chi connectivity index (χ1n) is 7.55. The van der Waals surface area contributed by atoms with Crippen molar-refractivity contribution >= 4 is 5.97 Å². The van der Waals surface area contributed by atoms with E-state index in [1.165, 1.54) is 4.68 Å². The Hall–Kier alpha value is -2.52. The fraction of sp³-hybridized carbons (Fsp3) is 0.375. The number of halogens is 2. The summed E-state index contributed by atoms with van der Waals surface area (Å²) in [5.41, 5.74) is 1.14. The Morgan fingerprint density at radius 1 is 1.32 bits per heavy atom. The zero-order valence-corrected chi connectivity index (χ0v) is 13.0. The summed E-state index contributed by atoms with van der Waals surface area (Å²) in [6.45, 7) is -2.99. The predicted molar refractivity (Wildman–Crippen MR) is 81.4 cm³/mol. The van der Waals surface area contributed by atoms with Gasteiger partial charge in [-0.05, 0) is 18.2 Å². The van der Waals surface area contributed by atoms with Crippen LogP contribution < -0.4 is 4.74 Å². The van der Waals surface area contributed by atoms with Crippen LogP contribution in [-0.2, 0) is 20.8 Å². The van der Waals surface area contributed by atoms with Crippen LogP contribution in [0.5, 0.6) is 5.75 Å². The van der Waals surface area contributed by atoms with Crippen LogP contribution in [0.25, 0.3) is 11.3 Å². The number of ether oxygens (including phenoxy) is 3. The Morgan fingerprint density at radius 3 is 2.84 bits per heavy atom. The van der Waals surface area contributed by atoms with Gasteiger partial charge in [0.1, 0.15) is 18.4 Å². The lowest BCUT2D eigenvalue weighted by molar-refractivity contribution is -0.175. The van der Waals surface area contributed by atoms with Crippen LogP contribution in [-0.4, -0.2) is 52.9 Å². The third-order valence-electron chi connectivity index (χ3n) is 3.64. The summed E-state index contributed by atoms with van der Waals surface area (Å²) in [7, 11) is 0. The highest BCUT2D eigenvalue weighted by Crippen LogP contribution is 2.31. The molecule has 2 aromatic rings. The SMILES string of the molecule is O=C(O)Cn1ccc(-c2ccccc2O[C@@H]2COCC2OC(F)F)n1. The van der Waals surface area contributed by atoms with E-state index >= 15 is 0 Å². The second kappa shape index (κ2) is 7.58. The number of hydrogen-bond acceptors (Lipinski definition) is 5. The van der Waals surface area contributed by atoms with Crippen molar-refractivity contribution in [2.24, 2.45) is 0 Å². The number of hydrogen-bond donors (Lipinski definition) is 1. The lowest BCUT2D eigenvalue weighted by atomic mass is 10.1. The fourth-order valence-corrected chi connectivity index (χ4v) is 2.56. The summed E-state index contributed by atoms with van der Waals surface area (Å²) in [5.74, 6) is -0.573. The van der Waals surface area contributed by atoms with E-state index in [0.717, 1.165) is 0 Å². The highest BCUT2D eigenvalue weighted by molar-refractivity contribution is 5.68. The summed E-state index contributed by atoms with van der Waals surface area (Å²) >= 11 is 0. The summed E-state index contributed by atoms with van der Waals surface area (Å²) in [4.78, 5) is 10.8. The van der Waals surface area contributed by atoms with E-state index < -0.39 is 24.8 Å². The smallest absolute Gasteiger partial charge is 0.345 e. The van der Waals surface area contributed by atoms with E-state index in [1.807, 2.05) is 0 Å². The van der Waals surface area contributed by atoms with Crippen molar-refractivity contribution in [3.05, 3.63) is 36.5 Å². The molecule has 25 heavy (non-hydrogen) atoms. The van der Waals surface area contributed by atoms with Gasteiger partial charge < -0.3 is 19.3 Å². The molecule has 1 fully saturated rings. The minimum Gasteiger partial charge on any atom is -0.484 e. The molecule has 2 atom stereocenters. The standard InChI is InChI=1S/C16H16F2N2O5/c17-16(18)25-14-9-23-8-13(14)24-12-4-2-1-3-10(12)11-5-6-20(19-11)7-15(21)22/h1-6,13-14,16H,7-9H2,(H,21,22)/t13-,14?/m1/s1. The number of para-hydroxylation sites is 1. The van der Waals surface area contributed by atoms with Gasteiger partial charge >= 0.3 is 12.6 Å². The number of benzene rings is 1. The quantitative estimate of drug-likeness (QED) is 0.819. The van der Waals surface area contributed by atoms with E-state index in [4.69, 9.17) is 14.6 Å². The first-order chi connectivity index (χ1) is 12.0. The van der Waals surface area contributed by atoms with E-state index in [0.29, 0.717) is 17.0 Å². The van der Waals surface area contributed by atoms with Crippen molar-refractivity contribution < 1.29 is 32.9 Å². The molecule has 1 N–H and O–H groups in total. The third kappa shape index (κ3) is 4.31. The number of carboxylic acid groups (broad SMARTS) is 1. The second-order valence-electron chi connectivity index (χ2n) is 5.42. The molecule has 0 spiro atoms. The molecular formula is C16H16F2N2O5. The van der Waals surface area contributed by atoms with E-state index in [-0.39, 0.29) is 19.8 Å². The van der Waals surface area contributed by atoms with Crippen LogP contribution in [0.2, 0.25) is 0 Å². The van der Waals surface area contributed by atoms with Gasteiger partial charge in [0.25, 0.3) is 0 Å².